The van der Waals surface area contributed by atoms with E-state index < -0.39 is 0 Å². The Labute approximate surface area is 140 Å². The van der Waals surface area contributed by atoms with Gasteiger partial charge in [0.15, 0.2) is 23.0 Å². The smallest absolute Gasteiger partial charge is 0.231 e. The summed E-state index contributed by atoms with van der Waals surface area (Å²) in [7, 11) is 3.75. The van der Waals surface area contributed by atoms with Gasteiger partial charge in [-0.1, -0.05) is 0 Å². The van der Waals surface area contributed by atoms with E-state index in [0.717, 1.165) is 24.3 Å². The topological polar surface area (TPSA) is 51.2 Å². The number of fused-ring (bicyclic) bond motifs is 7. The Morgan fingerprint density at radius 1 is 1.00 bits per heavy atom. The Bertz CT molecular complexity index is 848. The number of benzene rings is 2. The van der Waals surface area contributed by atoms with Gasteiger partial charge in [0.05, 0.1) is 7.11 Å². The summed E-state index contributed by atoms with van der Waals surface area (Å²) in [4.78, 5) is 2.40. The maximum Gasteiger partial charge on any atom is 0.231 e. The minimum absolute atomic E-state index is 0.208. The minimum atomic E-state index is 0.208. The molecule has 1 N–H and O–H groups in total. The van der Waals surface area contributed by atoms with Gasteiger partial charge < -0.3 is 19.3 Å². The van der Waals surface area contributed by atoms with Crippen LogP contribution in [0.1, 0.15) is 34.3 Å². The van der Waals surface area contributed by atoms with Crippen LogP contribution in [0.3, 0.4) is 0 Å². The molecule has 0 saturated heterocycles. The lowest BCUT2D eigenvalue weighted by atomic mass is 9.76. The predicted octanol–water partition coefficient (Wildman–Crippen LogP) is 2.96. The maximum absolute atomic E-state index is 10.2. The van der Waals surface area contributed by atoms with E-state index in [1.807, 2.05) is 12.1 Å². The van der Waals surface area contributed by atoms with Crippen LogP contribution >= 0.6 is 0 Å². The van der Waals surface area contributed by atoms with Crippen LogP contribution in [0.4, 0.5) is 0 Å². The van der Waals surface area contributed by atoms with Crippen LogP contribution in [0, 0.1) is 0 Å². The normalized spacial score (nSPS) is 23.6. The van der Waals surface area contributed by atoms with Crippen LogP contribution in [-0.2, 0) is 12.8 Å². The van der Waals surface area contributed by atoms with Gasteiger partial charge in [0.25, 0.3) is 0 Å². The van der Waals surface area contributed by atoms with Crippen LogP contribution in [0.2, 0.25) is 0 Å². The molecule has 124 valence electrons. The van der Waals surface area contributed by atoms with Gasteiger partial charge in [0.1, 0.15) is 0 Å². The van der Waals surface area contributed by atoms with E-state index in [0.29, 0.717) is 18.6 Å². The monoisotopic (exact) mass is 325 g/mol. The Kier molecular flexibility index (Phi) is 2.80. The number of aromatic hydroxyl groups is 1. The van der Waals surface area contributed by atoms with Gasteiger partial charge in [-0.05, 0) is 66.4 Å². The van der Waals surface area contributed by atoms with Gasteiger partial charge in [-0.3, -0.25) is 4.90 Å². The van der Waals surface area contributed by atoms with Crippen molar-refractivity contribution in [1.29, 1.82) is 0 Å². The van der Waals surface area contributed by atoms with Gasteiger partial charge in [-0.15, -0.1) is 0 Å². The fourth-order valence-electron chi connectivity index (χ4n) is 4.34. The Hall–Kier alpha value is -2.40. The van der Waals surface area contributed by atoms with Crippen molar-refractivity contribution in [3.05, 3.63) is 46.5 Å². The molecule has 0 aliphatic carbocycles. The fourth-order valence-corrected chi connectivity index (χ4v) is 4.34. The molecule has 0 saturated carbocycles. The number of phenols is 1. The van der Waals surface area contributed by atoms with E-state index in [-0.39, 0.29) is 11.8 Å². The molecule has 5 rings (SSSR count). The summed E-state index contributed by atoms with van der Waals surface area (Å²) >= 11 is 0. The number of ether oxygens (including phenoxy) is 3. The zero-order valence-corrected chi connectivity index (χ0v) is 13.7. The number of methoxy groups -OCH3 is 1. The SMILES string of the molecule is COc1cc2c(cc1O)[C@@H]1Cc3cc4c(cc3[C@H](C2)N1C)OCO4. The van der Waals surface area contributed by atoms with Gasteiger partial charge in [-0.2, -0.15) is 0 Å². The summed E-state index contributed by atoms with van der Waals surface area (Å²) in [6, 6.07) is 8.66. The summed E-state index contributed by atoms with van der Waals surface area (Å²) in [5.74, 6) is 2.44. The van der Waals surface area contributed by atoms with Crippen molar-refractivity contribution in [2.75, 3.05) is 21.0 Å². The van der Waals surface area contributed by atoms with Crippen molar-refractivity contribution in [1.82, 2.24) is 4.90 Å². The van der Waals surface area contributed by atoms with E-state index in [1.165, 1.54) is 22.3 Å². The molecule has 0 unspecified atom stereocenters. The zero-order chi connectivity index (χ0) is 16.4. The first kappa shape index (κ1) is 14.0. The average molecular weight is 325 g/mol. The van der Waals surface area contributed by atoms with Crippen molar-refractivity contribution in [3.8, 4) is 23.0 Å². The molecular formula is C19H19NO4. The molecule has 0 radical (unpaired) electrons. The van der Waals surface area contributed by atoms with Crippen molar-refractivity contribution in [2.45, 2.75) is 24.9 Å². The van der Waals surface area contributed by atoms with Gasteiger partial charge in [0.2, 0.25) is 6.79 Å². The molecule has 0 fully saturated rings. The van der Waals surface area contributed by atoms with Crippen molar-refractivity contribution >= 4 is 0 Å². The third kappa shape index (κ3) is 1.79. The summed E-state index contributed by atoms with van der Waals surface area (Å²) in [6.45, 7) is 0.299. The van der Waals surface area contributed by atoms with E-state index >= 15 is 0 Å². The first-order valence-electron chi connectivity index (χ1n) is 8.20. The number of hydrogen-bond acceptors (Lipinski definition) is 5. The van der Waals surface area contributed by atoms with E-state index in [2.05, 4.69) is 24.1 Å². The average Bonchev–Trinajstić information content (AvgIpc) is 3.02. The van der Waals surface area contributed by atoms with Gasteiger partial charge in [0, 0.05) is 12.1 Å². The molecule has 2 atom stereocenters. The summed E-state index contributed by atoms with van der Waals surface area (Å²) in [6.07, 6.45) is 1.79. The second-order valence-corrected chi connectivity index (χ2v) is 6.73. The largest absolute Gasteiger partial charge is 0.504 e. The molecule has 3 aliphatic rings. The Morgan fingerprint density at radius 3 is 2.33 bits per heavy atom. The second-order valence-electron chi connectivity index (χ2n) is 6.73. The highest BCUT2D eigenvalue weighted by Crippen LogP contribution is 2.50. The summed E-state index contributed by atoms with van der Waals surface area (Å²) in [5.41, 5.74) is 5.07. The lowest BCUT2D eigenvalue weighted by Crippen LogP contribution is -2.40. The van der Waals surface area contributed by atoms with Crippen molar-refractivity contribution in [3.63, 3.8) is 0 Å². The van der Waals surface area contributed by atoms with E-state index in [4.69, 9.17) is 14.2 Å². The number of phenolic OH excluding ortho intramolecular Hbond substituents is 1. The molecule has 2 bridgehead atoms. The molecule has 24 heavy (non-hydrogen) atoms. The highest BCUT2D eigenvalue weighted by Gasteiger charge is 2.39. The van der Waals surface area contributed by atoms with E-state index in [9.17, 15) is 5.11 Å². The molecule has 0 aromatic heterocycles. The number of nitrogens with zero attached hydrogens (tertiary/aromatic N) is 1. The molecule has 5 heteroatoms. The summed E-state index contributed by atoms with van der Waals surface area (Å²) in [5, 5.41) is 10.2. The molecule has 2 aromatic rings. The van der Waals surface area contributed by atoms with Crippen LogP contribution in [0.25, 0.3) is 0 Å². The van der Waals surface area contributed by atoms with Gasteiger partial charge >= 0.3 is 0 Å². The third-order valence-corrected chi connectivity index (χ3v) is 5.60. The lowest BCUT2D eigenvalue weighted by molar-refractivity contribution is 0.137. The highest BCUT2D eigenvalue weighted by atomic mass is 16.7. The molecule has 5 nitrogen and oxygen atoms in total. The molecule has 3 aliphatic heterocycles. The third-order valence-electron chi connectivity index (χ3n) is 5.60. The molecule has 2 aromatic carbocycles. The Balaban J connectivity index is 1.65. The second kappa shape index (κ2) is 4.80. The molecule has 0 amide bonds. The number of likely N-dealkylation sites (N-methyl/N-ethyl adjacent to an activating group) is 1. The van der Waals surface area contributed by atoms with Crippen LogP contribution in [0.15, 0.2) is 24.3 Å². The van der Waals surface area contributed by atoms with Crippen LogP contribution < -0.4 is 14.2 Å². The van der Waals surface area contributed by atoms with Crippen LogP contribution in [-0.4, -0.2) is 31.0 Å². The predicted molar refractivity (Wildman–Crippen MR) is 87.9 cm³/mol. The standard InChI is InChI=1S/C19H19NO4/c1-20-14-4-11-6-18-19(24-9-23-18)8-13(11)15(20)3-10-5-17(22-2)16(21)7-12(10)14/h5-8,14-15,21H,3-4,9H2,1-2H3/t14-,15-/m0/s1. The first-order chi connectivity index (χ1) is 11.7. The van der Waals surface area contributed by atoms with Crippen molar-refractivity contribution in [2.24, 2.45) is 0 Å². The number of rotatable bonds is 1. The summed E-state index contributed by atoms with van der Waals surface area (Å²) < 4.78 is 16.4. The Morgan fingerprint density at radius 2 is 1.62 bits per heavy atom. The fraction of sp³-hybridized carbons (Fsp3) is 0.368. The lowest BCUT2D eigenvalue weighted by Gasteiger charge is -2.46. The first-order valence-corrected chi connectivity index (χ1v) is 8.20. The van der Waals surface area contributed by atoms with Crippen molar-refractivity contribution < 1.29 is 19.3 Å². The quantitative estimate of drug-likeness (QED) is 0.873. The molecule has 3 heterocycles. The van der Waals surface area contributed by atoms with Gasteiger partial charge in [-0.25, -0.2) is 0 Å². The highest BCUT2D eigenvalue weighted by molar-refractivity contribution is 5.55. The minimum Gasteiger partial charge on any atom is -0.504 e. The van der Waals surface area contributed by atoms with Crippen LogP contribution in [0.5, 0.6) is 23.0 Å². The zero-order valence-electron chi connectivity index (χ0n) is 13.7. The molecular weight excluding hydrogens is 306 g/mol. The maximum atomic E-state index is 10.2. The molecule has 0 spiro atoms. The number of hydrogen-bond donors (Lipinski definition) is 1. The van der Waals surface area contributed by atoms with E-state index in [1.54, 1.807) is 7.11 Å².